The van der Waals surface area contributed by atoms with Crippen LogP contribution in [0, 0.1) is 0 Å². The predicted molar refractivity (Wildman–Crippen MR) is 55.3 cm³/mol. The van der Waals surface area contributed by atoms with Crippen molar-refractivity contribution in [3.05, 3.63) is 11.1 Å². The second-order valence-corrected chi connectivity index (χ2v) is 4.05. The van der Waals surface area contributed by atoms with Crippen LogP contribution in [0.4, 0.5) is 0 Å². The van der Waals surface area contributed by atoms with E-state index in [-0.39, 0.29) is 12.2 Å². The maximum Gasteiger partial charge on any atom is 0.249 e. The molecule has 0 aliphatic carbocycles. The molecule has 2 heterocycles. The van der Waals surface area contributed by atoms with Crippen molar-refractivity contribution in [1.29, 1.82) is 0 Å². The van der Waals surface area contributed by atoms with E-state index in [4.69, 9.17) is 9.47 Å². The Morgan fingerprint density at radius 1 is 1.60 bits per heavy atom. The Morgan fingerprint density at radius 3 is 3.00 bits per heavy atom. The monoisotopic (exact) mass is 211 g/mol. The zero-order valence-corrected chi connectivity index (χ0v) is 9.04. The maximum absolute atomic E-state index is 11.1. The minimum absolute atomic E-state index is 0.0423. The standard InChI is InChI=1S/C11H17NO3/c1-8(9-6-12-11(9)13)7-15-10-4-2-3-5-14-10/h10H,2-7H2,1H3,(H,12,13)/b9-8+. The molecule has 1 atom stereocenters. The second kappa shape index (κ2) is 4.77. The third-order valence-corrected chi connectivity index (χ3v) is 2.84. The molecule has 2 fully saturated rings. The molecule has 2 aliphatic heterocycles. The smallest absolute Gasteiger partial charge is 0.249 e. The summed E-state index contributed by atoms with van der Waals surface area (Å²) in [4.78, 5) is 11.1. The lowest BCUT2D eigenvalue weighted by Crippen LogP contribution is -2.42. The summed E-state index contributed by atoms with van der Waals surface area (Å²) in [6.07, 6.45) is 3.19. The average Bonchev–Trinajstić information content (AvgIpc) is 2.26. The van der Waals surface area contributed by atoms with Crippen molar-refractivity contribution in [2.45, 2.75) is 32.5 Å². The number of amides is 1. The van der Waals surface area contributed by atoms with Gasteiger partial charge >= 0.3 is 0 Å². The van der Waals surface area contributed by atoms with Gasteiger partial charge in [-0.15, -0.1) is 0 Å². The van der Waals surface area contributed by atoms with Crippen molar-refractivity contribution in [3.8, 4) is 0 Å². The van der Waals surface area contributed by atoms with Crippen LogP contribution in [-0.2, 0) is 14.3 Å². The first-order valence-electron chi connectivity index (χ1n) is 5.47. The zero-order valence-electron chi connectivity index (χ0n) is 9.04. The molecule has 1 amide bonds. The molecule has 15 heavy (non-hydrogen) atoms. The Balaban J connectivity index is 1.77. The summed E-state index contributed by atoms with van der Waals surface area (Å²) in [5.41, 5.74) is 1.89. The largest absolute Gasteiger partial charge is 0.353 e. The van der Waals surface area contributed by atoms with Crippen molar-refractivity contribution in [1.82, 2.24) is 5.32 Å². The number of carbonyl (C=O) groups excluding carboxylic acids is 1. The topological polar surface area (TPSA) is 47.6 Å². The summed E-state index contributed by atoms with van der Waals surface area (Å²) < 4.78 is 11.0. The molecule has 0 saturated carbocycles. The van der Waals surface area contributed by atoms with E-state index in [2.05, 4.69) is 5.32 Å². The van der Waals surface area contributed by atoms with Crippen LogP contribution in [0.3, 0.4) is 0 Å². The van der Waals surface area contributed by atoms with E-state index in [0.29, 0.717) is 13.2 Å². The number of carbonyl (C=O) groups is 1. The molecule has 4 heteroatoms. The van der Waals surface area contributed by atoms with Crippen molar-refractivity contribution in [3.63, 3.8) is 0 Å². The Kier molecular flexibility index (Phi) is 3.38. The van der Waals surface area contributed by atoms with Gasteiger partial charge in [0.1, 0.15) is 0 Å². The van der Waals surface area contributed by atoms with E-state index in [1.165, 1.54) is 6.42 Å². The van der Waals surface area contributed by atoms with E-state index < -0.39 is 0 Å². The molecule has 2 aliphatic rings. The van der Waals surface area contributed by atoms with Gasteiger partial charge in [0.25, 0.3) is 0 Å². The first-order valence-corrected chi connectivity index (χ1v) is 5.47. The van der Waals surface area contributed by atoms with Gasteiger partial charge in [-0.25, -0.2) is 0 Å². The molecule has 0 aromatic heterocycles. The summed E-state index contributed by atoms with van der Waals surface area (Å²) in [6.45, 7) is 3.92. The lowest BCUT2D eigenvalue weighted by Gasteiger charge is -2.25. The Labute approximate surface area is 89.6 Å². The van der Waals surface area contributed by atoms with Gasteiger partial charge in [0.2, 0.25) is 5.91 Å². The quantitative estimate of drug-likeness (QED) is 0.559. The Hall–Kier alpha value is -0.870. The number of hydrogen-bond donors (Lipinski definition) is 1. The predicted octanol–water partition coefficient (Wildman–Crippen LogP) is 0.976. The third kappa shape index (κ3) is 2.58. The van der Waals surface area contributed by atoms with Gasteiger partial charge in [0.15, 0.2) is 6.29 Å². The molecule has 1 N–H and O–H groups in total. The number of ether oxygens (including phenoxy) is 2. The van der Waals surface area contributed by atoms with Crippen molar-refractivity contribution in [2.24, 2.45) is 0 Å². The van der Waals surface area contributed by atoms with E-state index in [0.717, 1.165) is 30.6 Å². The summed E-state index contributed by atoms with van der Waals surface area (Å²) in [5.74, 6) is 0.0423. The molecule has 84 valence electrons. The van der Waals surface area contributed by atoms with Crippen LogP contribution < -0.4 is 5.32 Å². The van der Waals surface area contributed by atoms with Crippen LogP contribution in [0.25, 0.3) is 0 Å². The molecule has 2 rings (SSSR count). The van der Waals surface area contributed by atoms with E-state index in [9.17, 15) is 4.79 Å². The van der Waals surface area contributed by atoms with Crippen LogP contribution in [0.1, 0.15) is 26.2 Å². The maximum atomic E-state index is 11.1. The van der Waals surface area contributed by atoms with Crippen molar-refractivity contribution >= 4 is 5.91 Å². The number of hydrogen-bond acceptors (Lipinski definition) is 3. The molecule has 0 aromatic rings. The Bertz CT molecular complexity index is 280. The van der Waals surface area contributed by atoms with E-state index >= 15 is 0 Å². The Morgan fingerprint density at radius 2 is 2.47 bits per heavy atom. The summed E-state index contributed by atoms with van der Waals surface area (Å²) in [7, 11) is 0. The highest BCUT2D eigenvalue weighted by Gasteiger charge is 2.22. The number of β-lactam (4-membered cyclic amide) rings is 1. The zero-order chi connectivity index (χ0) is 10.7. The molecule has 0 radical (unpaired) electrons. The van der Waals surface area contributed by atoms with Gasteiger partial charge < -0.3 is 14.8 Å². The fraction of sp³-hybridized carbons (Fsp3) is 0.727. The summed E-state index contributed by atoms with van der Waals surface area (Å²) in [6, 6.07) is 0. The van der Waals surface area contributed by atoms with Gasteiger partial charge in [-0.3, -0.25) is 4.79 Å². The molecule has 0 aromatic carbocycles. The second-order valence-electron chi connectivity index (χ2n) is 4.05. The van der Waals surface area contributed by atoms with Gasteiger partial charge in [0.05, 0.1) is 6.61 Å². The van der Waals surface area contributed by atoms with Gasteiger partial charge in [0, 0.05) is 18.7 Å². The molecular formula is C11H17NO3. The molecule has 1 unspecified atom stereocenters. The molecule has 0 bridgehead atoms. The highest BCUT2D eigenvalue weighted by molar-refractivity contribution is 6.00. The highest BCUT2D eigenvalue weighted by atomic mass is 16.7. The normalized spacial score (nSPS) is 29.4. The average molecular weight is 211 g/mol. The first kappa shape index (κ1) is 10.6. The van der Waals surface area contributed by atoms with Crippen LogP contribution in [0.15, 0.2) is 11.1 Å². The first-order chi connectivity index (χ1) is 7.27. The van der Waals surface area contributed by atoms with Crippen molar-refractivity contribution in [2.75, 3.05) is 19.8 Å². The summed E-state index contributed by atoms with van der Waals surface area (Å²) in [5, 5.41) is 2.69. The van der Waals surface area contributed by atoms with Crippen LogP contribution in [0.5, 0.6) is 0 Å². The fourth-order valence-corrected chi connectivity index (χ4v) is 1.74. The van der Waals surface area contributed by atoms with Crippen LogP contribution in [0.2, 0.25) is 0 Å². The lowest BCUT2D eigenvalue weighted by atomic mass is 10.0. The van der Waals surface area contributed by atoms with Gasteiger partial charge in [-0.1, -0.05) is 0 Å². The minimum atomic E-state index is -0.0718. The fourth-order valence-electron chi connectivity index (χ4n) is 1.74. The molecule has 0 spiro atoms. The summed E-state index contributed by atoms with van der Waals surface area (Å²) >= 11 is 0. The lowest BCUT2D eigenvalue weighted by molar-refractivity contribution is -0.157. The molecular weight excluding hydrogens is 194 g/mol. The van der Waals surface area contributed by atoms with E-state index in [1.54, 1.807) is 0 Å². The van der Waals surface area contributed by atoms with Crippen LogP contribution >= 0.6 is 0 Å². The van der Waals surface area contributed by atoms with E-state index in [1.807, 2.05) is 6.92 Å². The van der Waals surface area contributed by atoms with Gasteiger partial charge in [-0.2, -0.15) is 0 Å². The van der Waals surface area contributed by atoms with Gasteiger partial charge in [-0.05, 0) is 31.8 Å². The number of nitrogens with one attached hydrogen (secondary N) is 1. The molecule has 2 saturated heterocycles. The van der Waals surface area contributed by atoms with Crippen LogP contribution in [-0.4, -0.2) is 32.0 Å². The minimum Gasteiger partial charge on any atom is -0.353 e. The third-order valence-electron chi connectivity index (χ3n) is 2.84. The number of rotatable bonds is 3. The van der Waals surface area contributed by atoms with Crippen molar-refractivity contribution < 1.29 is 14.3 Å². The SMILES string of the molecule is C/C(COC1CCCCO1)=C1/CNC1=O. The molecule has 4 nitrogen and oxygen atoms in total. The highest BCUT2D eigenvalue weighted by Crippen LogP contribution is 2.16.